The van der Waals surface area contributed by atoms with Crippen molar-refractivity contribution in [2.24, 2.45) is 5.41 Å². The monoisotopic (exact) mass is 579 g/mol. The highest BCUT2D eigenvalue weighted by Crippen LogP contribution is 2.53. The Balaban J connectivity index is 1.35. The maximum Gasteiger partial charge on any atom is 0.233 e. The summed E-state index contributed by atoms with van der Waals surface area (Å²) in [6.07, 6.45) is 5.95. The number of aromatic nitrogens is 3. The molecular weight excluding hydrogens is 546 g/mol. The molecule has 5 rings (SSSR count). The van der Waals surface area contributed by atoms with E-state index in [0.29, 0.717) is 33.7 Å². The number of halogens is 1. The number of aliphatic hydroxyl groups is 1. The summed E-state index contributed by atoms with van der Waals surface area (Å²) in [5.74, 6) is 6.96. The van der Waals surface area contributed by atoms with Gasteiger partial charge in [-0.1, -0.05) is 41.8 Å². The van der Waals surface area contributed by atoms with Crippen LogP contribution in [0.4, 0.5) is 5.82 Å². The lowest BCUT2D eigenvalue weighted by atomic mass is 9.73. The Labute approximate surface area is 243 Å². The van der Waals surface area contributed by atoms with Crippen LogP contribution in [0.3, 0.4) is 0 Å². The summed E-state index contributed by atoms with van der Waals surface area (Å²) >= 11 is 5.12. The minimum atomic E-state index is -1.18. The molecule has 2 aromatic heterocycles. The van der Waals surface area contributed by atoms with Crippen molar-refractivity contribution in [3.05, 3.63) is 75.8 Å². The van der Waals surface area contributed by atoms with Crippen LogP contribution in [0.25, 0.3) is 0 Å². The lowest BCUT2D eigenvalue weighted by molar-refractivity contribution is 0.175. The maximum absolute atomic E-state index is 13.2. The van der Waals surface area contributed by atoms with E-state index in [-0.39, 0.29) is 22.8 Å². The number of fused-ring (bicyclic) bond motifs is 1. The summed E-state index contributed by atoms with van der Waals surface area (Å²) in [5, 5.41) is 10.5. The SMILES string of the molecule is COc1nccc(C#Cc2cnc(N3CCC4(CC3)Cc3ccccc3[C@H]4N[S+]([O-])C(C)(C)C)c(CO)n2)c1Cl. The number of pyridine rings is 1. The third kappa shape index (κ3) is 5.65. The van der Waals surface area contributed by atoms with E-state index in [1.807, 2.05) is 20.8 Å². The number of methoxy groups -OCH3 is 1. The molecule has 1 spiro atoms. The van der Waals surface area contributed by atoms with E-state index in [1.165, 1.54) is 18.2 Å². The third-order valence-electron chi connectivity index (χ3n) is 7.71. The van der Waals surface area contributed by atoms with Gasteiger partial charge in [0.1, 0.15) is 21.2 Å². The van der Waals surface area contributed by atoms with Gasteiger partial charge in [-0.15, -0.1) is 4.72 Å². The molecule has 0 bridgehead atoms. The first-order valence-electron chi connectivity index (χ1n) is 13.3. The quantitative estimate of drug-likeness (QED) is 0.339. The van der Waals surface area contributed by atoms with Crippen LogP contribution in [0.1, 0.15) is 67.7 Å². The lowest BCUT2D eigenvalue weighted by Crippen LogP contribution is -2.50. The average molecular weight is 580 g/mol. The van der Waals surface area contributed by atoms with Crippen LogP contribution in [0, 0.1) is 17.3 Å². The molecule has 210 valence electrons. The number of piperidine rings is 1. The predicted octanol–water partition coefficient (Wildman–Crippen LogP) is 4.36. The van der Waals surface area contributed by atoms with Gasteiger partial charge in [0.15, 0.2) is 5.82 Å². The molecular formula is C30H34ClN5O3S. The van der Waals surface area contributed by atoms with E-state index in [9.17, 15) is 9.66 Å². The Morgan fingerprint density at radius 2 is 1.95 bits per heavy atom. The number of anilines is 1. The molecule has 0 amide bonds. The zero-order valence-electron chi connectivity index (χ0n) is 23.2. The van der Waals surface area contributed by atoms with Crippen molar-refractivity contribution in [3.63, 3.8) is 0 Å². The molecule has 3 aromatic rings. The van der Waals surface area contributed by atoms with Crippen molar-refractivity contribution >= 4 is 28.8 Å². The number of hydrogen-bond donors (Lipinski definition) is 2. The van der Waals surface area contributed by atoms with Gasteiger partial charge in [0, 0.05) is 36.1 Å². The summed E-state index contributed by atoms with van der Waals surface area (Å²) < 4.78 is 21.5. The number of hydrogen-bond acceptors (Lipinski definition) is 8. The zero-order chi connectivity index (χ0) is 28.5. The summed E-state index contributed by atoms with van der Waals surface area (Å²) in [6, 6.07) is 10.2. The second kappa shape index (κ2) is 11.6. The Kier molecular flexibility index (Phi) is 8.27. The highest BCUT2D eigenvalue weighted by molar-refractivity contribution is 7.90. The molecule has 1 aliphatic carbocycles. The van der Waals surface area contributed by atoms with Crippen LogP contribution in [0.5, 0.6) is 5.88 Å². The van der Waals surface area contributed by atoms with E-state index in [2.05, 4.69) is 60.7 Å². The van der Waals surface area contributed by atoms with Crippen molar-refractivity contribution < 1.29 is 14.4 Å². The molecule has 3 heterocycles. The van der Waals surface area contributed by atoms with E-state index >= 15 is 0 Å². The van der Waals surface area contributed by atoms with E-state index < -0.39 is 11.4 Å². The second-order valence-electron chi connectivity index (χ2n) is 11.3. The van der Waals surface area contributed by atoms with Crippen molar-refractivity contribution in [1.82, 2.24) is 19.7 Å². The van der Waals surface area contributed by atoms with Crippen LogP contribution in [0.2, 0.25) is 5.02 Å². The predicted molar refractivity (Wildman–Crippen MR) is 158 cm³/mol. The maximum atomic E-state index is 13.2. The molecule has 1 saturated heterocycles. The molecule has 10 heteroatoms. The summed E-state index contributed by atoms with van der Waals surface area (Å²) in [4.78, 5) is 15.5. The first kappa shape index (κ1) is 28.7. The van der Waals surface area contributed by atoms with E-state index in [1.54, 1.807) is 18.5 Å². The van der Waals surface area contributed by atoms with E-state index in [0.717, 1.165) is 32.4 Å². The Bertz CT molecular complexity index is 1440. The molecule has 1 fully saturated rings. The van der Waals surface area contributed by atoms with Gasteiger partial charge in [-0.05, 0) is 63.1 Å². The molecule has 40 heavy (non-hydrogen) atoms. The smallest absolute Gasteiger partial charge is 0.233 e. The van der Waals surface area contributed by atoms with Crippen molar-refractivity contribution in [1.29, 1.82) is 0 Å². The molecule has 1 aliphatic heterocycles. The van der Waals surface area contributed by atoms with Gasteiger partial charge < -0.3 is 19.3 Å². The second-order valence-corrected chi connectivity index (χ2v) is 13.6. The molecule has 2 N–H and O–H groups in total. The average Bonchev–Trinajstić information content (AvgIpc) is 3.24. The van der Waals surface area contributed by atoms with Gasteiger partial charge >= 0.3 is 0 Å². The van der Waals surface area contributed by atoms with Crippen molar-refractivity contribution in [2.75, 3.05) is 25.1 Å². The minimum absolute atomic E-state index is 0.0191. The van der Waals surface area contributed by atoms with Crippen LogP contribution >= 0.6 is 11.6 Å². The molecule has 2 aliphatic rings. The fourth-order valence-corrected chi connectivity index (χ4v) is 6.72. The molecule has 0 saturated carbocycles. The first-order chi connectivity index (χ1) is 19.1. The normalized spacial score (nSPS) is 18.7. The summed E-state index contributed by atoms with van der Waals surface area (Å²) in [7, 11) is 1.50. The molecule has 2 atom stereocenters. The number of aliphatic hydroxyl groups excluding tert-OH is 1. The van der Waals surface area contributed by atoms with Gasteiger partial charge in [0.05, 0.1) is 31.5 Å². The van der Waals surface area contributed by atoms with Crippen LogP contribution in [0.15, 0.2) is 42.7 Å². The molecule has 1 unspecified atom stereocenters. The van der Waals surface area contributed by atoms with Crippen LogP contribution in [-0.2, 0) is 24.4 Å². The minimum Gasteiger partial charge on any atom is -0.598 e. The fraction of sp³-hybridized carbons (Fsp3) is 0.433. The third-order valence-corrected chi connectivity index (χ3v) is 9.64. The van der Waals surface area contributed by atoms with Crippen LogP contribution in [-0.4, -0.2) is 49.6 Å². The summed E-state index contributed by atoms with van der Waals surface area (Å²) in [6.45, 7) is 7.26. The summed E-state index contributed by atoms with van der Waals surface area (Å²) in [5.41, 5.74) is 4.03. The molecule has 8 nitrogen and oxygen atoms in total. The van der Waals surface area contributed by atoms with Gasteiger partial charge in [0.25, 0.3) is 0 Å². The zero-order valence-corrected chi connectivity index (χ0v) is 24.8. The molecule has 1 aromatic carbocycles. The Morgan fingerprint density at radius 3 is 2.65 bits per heavy atom. The topological polar surface area (TPSA) is 106 Å². The van der Waals surface area contributed by atoms with Gasteiger partial charge in [0.2, 0.25) is 5.88 Å². The number of rotatable bonds is 5. The first-order valence-corrected chi connectivity index (χ1v) is 14.9. The van der Waals surface area contributed by atoms with Gasteiger partial charge in [-0.3, -0.25) is 0 Å². The number of nitrogens with one attached hydrogen (secondary N) is 1. The number of benzene rings is 1. The Morgan fingerprint density at radius 1 is 1.20 bits per heavy atom. The fourth-order valence-electron chi connectivity index (χ4n) is 5.54. The highest BCUT2D eigenvalue weighted by Gasteiger charge is 2.50. The van der Waals surface area contributed by atoms with Crippen molar-refractivity contribution in [3.8, 4) is 17.7 Å². The van der Waals surface area contributed by atoms with E-state index in [4.69, 9.17) is 16.3 Å². The standard InChI is InChI=1S/C30H34ClN5O3S/c1-29(2,3)40(38)35-26-23-8-6-5-7-21(23)17-30(26)12-15-36(16-13-30)27-24(19-37)34-22(18-33-27)10-9-20-11-14-32-28(39-4)25(20)31/h5-8,11,14,18,26,35,37H,12-13,15-17,19H2,1-4H3/t26-,40?/m1/s1. The highest BCUT2D eigenvalue weighted by atomic mass is 35.5. The van der Waals surface area contributed by atoms with Crippen molar-refractivity contribution in [2.45, 2.75) is 57.4 Å². The Hall–Kier alpha value is -2.87. The molecule has 0 radical (unpaired) electrons. The largest absolute Gasteiger partial charge is 0.598 e. The van der Waals surface area contributed by atoms with Gasteiger partial charge in [-0.25, -0.2) is 15.0 Å². The van der Waals surface area contributed by atoms with Gasteiger partial charge in [-0.2, -0.15) is 0 Å². The number of ether oxygens (including phenoxy) is 1. The lowest BCUT2D eigenvalue weighted by Gasteiger charge is -2.44. The van der Waals surface area contributed by atoms with Crippen LogP contribution < -0.4 is 14.4 Å². The number of nitrogens with zero attached hydrogens (tertiary/aromatic N) is 4.